The molecule has 3 heteroatoms. The second-order valence-corrected chi connectivity index (χ2v) is 7.53. The van der Waals surface area contributed by atoms with Gasteiger partial charge in [0.15, 0.2) is 0 Å². The number of ether oxygens (including phenoxy) is 1. The topological polar surface area (TPSA) is 49.8 Å². The van der Waals surface area contributed by atoms with Gasteiger partial charge in [0.25, 0.3) is 0 Å². The van der Waals surface area contributed by atoms with E-state index in [2.05, 4.69) is 43.4 Å². The Hall–Kier alpha value is -1.35. The summed E-state index contributed by atoms with van der Waals surface area (Å²) in [6.45, 7) is 2.27. The average Bonchev–Trinajstić information content (AvgIpc) is 3.40. The molecule has 1 rings (SSSR count). The summed E-state index contributed by atoms with van der Waals surface area (Å²) in [6.07, 6.45) is 29.7. The molecular weight excluding hydrogens is 336 g/mol. The van der Waals surface area contributed by atoms with Crippen LogP contribution >= 0.6 is 0 Å². The molecule has 1 heterocycles. The Balaban J connectivity index is 1.87. The first-order valence-corrected chi connectivity index (χ1v) is 11.1. The minimum Gasteiger partial charge on any atom is -0.481 e. The Labute approximate surface area is 166 Å². The Morgan fingerprint density at radius 1 is 0.778 bits per heavy atom. The fourth-order valence-electron chi connectivity index (χ4n) is 3.15. The molecule has 1 fully saturated rings. The van der Waals surface area contributed by atoms with E-state index in [0.717, 1.165) is 32.1 Å². The van der Waals surface area contributed by atoms with Crippen LogP contribution in [0, 0.1) is 0 Å². The van der Waals surface area contributed by atoms with Crippen LogP contribution in [-0.4, -0.2) is 23.3 Å². The number of carboxylic acid groups (broad SMARTS) is 1. The first-order chi connectivity index (χ1) is 13.2. The van der Waals surface area contributed by atoms with Gasteiger partial charge in [0.2, 0.25) is 0 Å². The summed E-state index contributed by atoms with van der Waals surface area (Å²) in [6, 6.07) is 0. The molecule has 1 aliphatic heterocycles. The maximum atomic E-state index is 10.4. The van der Waals surface area contributed by atoms with Crippen molar-refractivity contribution in [3.63, 3.8) is 0 Å². The molecule has 154 valence electrons. The number of carbonyl (C=O) groups is 1. The maximum Gasteiger partial charge on any atom is 0.303 e. The summed E-state index contributed by atoms with van der Waals surface area (Å²) in [5.74, 6) is -0.714. The van der Waals surface area contributed by atoms with E-state index < -0.39 is 5.97 Å². The molecule has 1 N–H and O–H groups in total. The number of allylic oxidation sites excluding steroid dienone is 4. The number of hydrogen-bond donors (Lipinski definition) is 1. The summed E-state index contributed by atoms with van der Waals surface area (Å²) in [5.41, 5.74) is 0. The zero-order valence-corrected chi connectivity index (χ0v) is 17.3. The normalized spacial score (nSPS) is 19.6. The van der Waals surface area contributed by atoms with Crippen molar-refractivity contribution in [3.05, 3.63) is 36.5 Å². The van der Waals surface area contributed by atoms with Gasteiger partial charge in [-0.05, 0) is 44.9 Å². The van der Waals surface area contributed by atoms with E-state index in [-0.39, 0.29) is 6.42 Å². The summed E-state index contributed by atoms with van der Waals surface area (Å²) < 4.78 is 5.65. The monoisotopic (exact) mass is 376 g/mol. The molecule has 3 nitrogen and oxygen atoms in total. The van der Waals surface area contributed by atoms with Crippen molar-refractivity contribution >= 4 is 5.97 Å². The van der Waals surface area contributed by atoms with E-state index in [9.17, 15) is 4.79 Å². The number of epoxide rings is 1. The first-order valence-electron chi connectivity index (χ1n) is 11.1. The lowest BCUT2D eigenvalue weighted by atomic mass is 10.1. The second-order valence-electron chi connectivity index (χ2n) is 7.53. The van der Waals surface area contributed by atoms with Crippen molar-refractivity contribution in [2.45, 2.75) is 109 Å². The summed E-state index contributed by atoms with van der Waals surface area (Å²) >= 11 is 0. The predicted octanol–water partition coefficient (Wildman–Crippen LogP) is 6.99. The molecule has 1 aliphatic rings. The highest BCUT2D eigenvalue weighted by molar-refractivity contribution is 5.66. The highest BCUT2D eigenvalue weighted by Crippen LogP contribution is 2.29. The Morgan fingerprint density at radius 2 is 1.33 bits per heavy atom. The van der Waals surface area contributed by atoms with Crippen LogP contribution in [0.3, 0.4) is 0 Å². The van der Waals surface area contributed by atoms with Crippen LogP contribution in [-0.2, 0) is 9.53 Å². The molecule has 0 aromatic rings. The molecule has 0 saturated carbocycles. The van der Waals surface area contributed by atoms with Gasteiger partial charge in [0, 0.05) is 6.42 Å². The third kappa shape index (κ3) is 15.4. The highest BCUT2D eigenvalue weighted by atomic mass is 16.6. The van der Waals surface area contributed by atoms with Gasteiger partial charge in [-0.3, -0.25) is 4.79 Å². The van der Waals surface area contributed by atoms with Gasteiger partial charge in [-0.2, -0.15) is 0 Å². The van der Waals surface area contributed by atoms with Crippen LogP contribution in [0.2, 0.25) is 0 Å². The number of rotatable bonds is 18. The minimum atomic E-state index is -0.714. The van der Waals surface area contributed by atoms with Gasteiger partial charge >= 0.3 is 5.97 Å². The van der Waals surface area contributed by atoms with E-state index in [1.54, 1.807) is 0 Å². The van der Waals surface area contributed by atoms with Crippen LogP contribution in [0.1, 0.15) is 96.8 Å². The molecule has 0 aliphatic carbocycles. The molecule has 0 amide bonds. The number of aliphatic carboxylic acids is 1. The van der Waals surface area contributed by atoms with Gasteiger partial charge in [0.05, 0.1) is 12.2 Å². The number of carboxylic acids is 1. The lowest BCUT2D eigenvalue weighted by Gasteiger charge is -1.98. The van der Waals surface area contributed by atoms with Crippen LogP contribution in [0.5, 0.6) is 0 Å². The first kappa shape index (κ1) is 23.7. The van der Waals surface area contributed by atoms with Crippen LogP contribution in [0.15, 0.2) is 36.5 Å². The molecule has 0 spiro atoms. The molecule has 0 aromatic carbocycles. The summed E-state index contributed by atoms with van der Waals surface area (Å²) in [5, 5.41) is 8.57. The Morgan fingerprint density at radius 3 is 2.04 bits per heavy atom. The number of hydrogen-bond acceptors (Lipinski definition) is 2. The van der Waals surface area contributed by atoms with E-state index in [1.807, 2.05) is 0 Å². The fraction of sp³-hybridized carbons (Fsp3) is 0.708. The van der Waals surface area contributed by atoms with Gasteiger partial charge in [-0.25, -0.2) is 0 Å². The zero-order valence-electron chi connectivity index (χ0n) is 17.3. The molecular formula is C24H40O3. The SMILES string of the molecule is CCCCCCCCCC=CCC=CCC1OC1CC=CCCCC(=O)O. The average molecular weight is 377 g/mol. The largest absolute Gasteiger partial charge is 0.481 e. The predicted molar refractivity (Wildman–Crippen MR) is 114 cm³/mol. The van der Waals surface area contributed by atoms with Gasteiger partial charge < -0.3 is 9.84 Å². The third-order valence-electron chi connectivity index (χ3n) is 4.93. The second kappa shape index (κ2) is 16.8. The smallest absolute Gasteiger partial charge is 0.303 e. The van der Waals surface area contributed by atoms with Crippen molar-refractivity contribution in [3.8, 4) is 0 Å². The highest BCUT2D eigenvalue weighted by Gasteiger charge is 2.35. The summed E-state index contributed by atoms with van der Waals surface area (Å²) in [4.78, 5) is 10.4. The van der Waals surface area contributed by atoms with Crippen LogP contribution in [0.25, 0.3) is 0 Å². The van der Waals surface area contributed by atoms with E-state index in [1.165, 1.54) is 51.4 Å². The zero-order chi connectivity index (χ0) is 19.6. The molecule has 0 radical (unpaired) electrons. The van der Waals surface area contributed by atoms with Gasteiger partial charge in [-0.1, -0.05) is 81.9 Å². The Kier molecular flexibility index (Phi) is 14.7. The van der Waals surface area contributed by atoms with Crippen molar-refractivity contribution in [1.29, 1.82) is 0 Å². The summed E-state index contributed by atoms with van der Waals surface area (Å²) in [7, 11) is 0. The van der Waals surface area contributed by atoms with Crippen LogP contribution in [0.4, 0.5) is 0 Å². The fourth-order valence-corrected chi connectivity index (χ4v) is 3.15. The lowest BCUT2D eigenvalue weighted by Crippen LogP contribution is -1.93. The molecule has 2 atom stereocenters. The third-order valence-corrected chi connectivity index (χ3v) is 4.93. The standard InChI is InChI=1S/C24H40O3/c1-2-3-4-5-6-7-8-9-10-11-12-13-16-19-22-23(27-22)20-17-14-15-18-21-24(25)26/h10-11,13-14,16-17,22-23H,2-9,12,15,18-21H2,1H3,(H,25,26). The molecule has 27 heavy (non-hydrogen) atoms. The Bertz CT molecular complexity index is 451. The van der Waals surface area contributed by atoms with E-state index in [0.29, 0.717) is 12.2 Å². The molecule has 2 unspecified atom stereocenters. The maximum absolute atomic E-state index is 10.4. The van der Waals surface area contributed by atoms with E-state index in [4.69, 9.17) is 9.84 Å². The molecule has 0 bridgehead atoms. The molecule has 1 saturated heterocycles. The van der Waals surface area contributed by atoms with Crippen molar-refractivity contribution in [2.24, 2.45) is 0 Å². The van der Waals surface area contributed by atoms with Gasteiger partial charge in [-0.15, -0.1) is 0 Å². The van der Waals surface area contributed by atoms with E-state index >= 15 is 0 Å². The quantitative estimate of drug-likeness (QED) is 0.159. The van der Waals surface area contributed by atoms with Gasteiger partial charge in [0.1, 0.15) is 0 Å². The van der Waals surface area contributed by atoms with Crippen molar-refractivity contribution < 1.29 is 14.6 Å². The number of unbranched alkanes of at least 4 members (excludes halogenated alkanes) is 8. The van der Waals surface area contributed by atoms with Crippen molar-refractivity contribution in [2.75, 3.05) is 0 Å². The minimum absolute atomic E-state index is 0.255. The lowest BCUT2D eigenvalue weighted by molar-refractivity contribution is -0.137. The van der Waals surface area contributed by atoms with Crippen LogP contribution < -0.4 is 0 Å². The molecule has 0 aromatic heterocycles. The van der Waals surface area contributed by atoms with Crippen molar-refractivity contribution in [1.82, 2.24) is 0 Å².